The van der Waals surface area contributed by atoms with Gasteiger partial charge in [0.15, 0.2) is 9.84 Å². The topological polar surface area (TPSA) is 162 Å². The van der Waals surface area contributed by atoms with Crippen molar-refractivity contribution in [2.75, 3.05) is 5.75 Å². The number of aromatic nitrogens is 6. The van der Waals surface area contributed by atoms with E-state index in [9.17, 15) is 23.1 Å². The lowest BCUT2D eigenvalue weighted by molar-refractivity contribution is -0.142. The monoisotopic (exact) mass is 549 g/mol. The third-order valence-corrected chi connectivity index (χ3v) is 8.07. The molecule has 2 aromatic carbocycles. The van der Waals surface area contributed by atoms with Crippen molar-refractivity contribution < 1.29 is 23.1 Å². The number of hydrogen-bond acceptors (Lipinski definition) is 8. The quantitative estimate of drug-likeness (QED) is 0.368. The molecule has 0 spiro atoms. The van der Waals surface area contributed by atoms with Crippen LogP contribution >= 0.6 is 0 Å². The minimum Gasteiger partial charge on any atom is -0.480 e. The standard InChI is InChI=1S/C26H27N7O5S/c34-25-21(17-39(37,38)16-18-5-2-1-3-6-18)10-22-14-32(30-28-22)12-19-7-4-8-20(9-19)13-33-15-23(29-31-33)11-24(27-25)26(35)36/h1-9,14-15,21,24H,10-13,16-17H2,(H,27,34)(H,35,36)/t21-,24-/m0/s1. The fourth-order valence-corrected chi connectivity index (χ4v) is 6.29. The van der Waals surface area contributed by atoms with E-state index in [1.54, 1.807) is 52.1 Å². The molecule has 2 atom stereocenters. The first-order chi connectivity index (χ1) is 18.7. The van der Waals surface area contributed by atoms with Crippen LogP contribution in [0.5, 0.6) is 0 Å². The molecular formula is C26H27N7O5S. The predicted octanol–water partition coefficient (Wildman–Crippen LogP) is 0.865. The summed E-state index contributed by atoms with van der Waals surface area (Å²) >= 11 is 0. The number of rotatable bonds is 5. The van der Waals surface area contributed by atoms with Crippen molar-refractivity contribution in [3.8, 4) is 0 Å². The molecule has 4 aromatic rings. The molecule has 12 nitrogen and oxygen atoms in total. The lowest BCUT2D eigenvalue weighted by Crippen LogP contribution is -2.47. The maximum absolute atomic E-state index is 13.4. The van der Waals surface area contributed by atoms with Crippen molar-refractivity contribution in [1.82, 2.24) is 35.3 Å². The van der Waals surface area contributed by atoms with Crippen LogP contribution in [-0.2, 0) is 51.1 Å². The third-order valence-electron chi connectivity index (χ3n) is 6.39. The number of fused-ring (bicyclic) bond motifs is 6. The maximum atomic E-state index is 13.4. The van der Waals surface area contributed by atoms with E-state index >= 15 is 0 Å². The number of nitrogens with one attached hydrogen (secondary N) is 1. The Morgan fingerprint density at radius 2 is 1.54 bits per heavy atom. The molecule has 0 saturated heterocycles. The van der Waals surface area contributed by atoms with E-state index in [1.165, 1.54) is 0 Å². The van der Waals surface area contributed by atoms with Crippen LogP contribution in [0, 0.1) is 5.92 Å². The van der Waals surface area contributed by atoms with Crippen LogP contribution in [0.25, 0.3) is 0 Å². The summed E-state index contributed by atoms with van der Waals surface area (Å²) in [6.45, 7) is 0.850. The molecular weight excluding hydrogens is 522 g/mol. The van der Waals surface area contributed by atoms with Gasteiger partial charge in [0.2, 0.25) is 5.91 Å². The summed E-state index contributed by atoms with van der Waals surface area (Å²) in [5.74, 6) is -3.77. The molecule has 0 unspecified atom stereocenters. The van der Waals surface area contributed by atoms with Gasteiger partial charge in [0.25, 0.3) is 0 Å². The second kappa shape index (κ2) is 11.2. The summed E-state index contributed by atoms with van der Waals surface area (Å²) in [5, 5.41) is 28.8. The lowest BCUT2D eigenvalue weighted by atomic mass is 10.0. The highest BCUT2D eigenvalue weighted by Crippen LogP contribution is 2.16. The Bertz CT molecular complexity index is 1580. The van der Waals surface area contributed by atoms with Crippen LogP contribution in [0.4, 0.5) is 0 Å². The smallest absolute Gasteiger partial charge is 0.326 e. The summed E-state index contributed by atoms with van der Waals surface area (Å²) in [5.41, 5.74) is 3.36. The van der Waals surface area contributed by atoms with E-state index in [0.717, 1.165) is 11.1 Å². The zero-order valence-electron chi connectivity index (χ0n) is 20.9. The molecule has 1 amide bonds. The van der Waals surface area contributed by atoms with Crippen LogP contribution in [0.3, 0.4) is 0 Å². The second-order valence-corrected chi connectivity index (χ2v) is 11.8. The van der Waals surface area contributed by atoms with Gasteiger partial charge in [-0.3, -0.25) is 4.79 Å². The molecule has 202 valence electrons. The number of carboxylic acid groups (broad SMARTS) is 1. The zero-order chi connectivity index (χ0) is 27.4. The molecule has 0 saturated carbocycles. The molecule has 1 aliphatic rings. The van der Waals surface area contributed by atoms with Gasteiger partial charge >= 0.3 is 5.97 Å². The number of nitrogens with zero attached hydrogens (tertiary/aromatic N) is 6. The SMILES string of the molecule is O=C1N[C@H](C(=O)O)Cc2cn(nn2)Cc2cccc(c2)Cn2cc(nn2)C[C@H]1CS(=O)(=O)Cc1ccccc1. The third kappa shape index (κ3) is 6.93. The molecule has 5 rings (SSSR count). The Labute approximate surface area is 224 Å². The average Bonchev–Trinajstić information content (AvgIpc) is 3.52. The summed E-state index contributed by atoms with van der Waals surface area (Å²) in [6, 6.07) is 15.2. The van der Waals surface area contributed by atoms with E-state index in [4.69, 9.17) is 0 Å². The molecule has 39 heavy (non-hydrogen) atoms. The average molecular weight is 550 g/mol. The number of benzene rings is 2. The van der Waals surface area contributed by atoms with Crippen molar-refractivity contribution in [2.45, 2.75) is 37.7 Å². The Morgan fingerprint density at radius 1 is 0.923 bits per heavy atom. The lowest BCUT2D eigenvalue weighted by Gasteiger charge is -2.19. The van der Waals surface area contributed by atoms with Crippen molar-refractivity contribution in [3.05, 3.63) is 95.1 Å². The molecule has 0 aliphatic carbocycles. The zero-order valence-corrected chi connectivity index (χ0v) is 21.7. The van der Waals surface area contributed by atoms with Gasteiger partial charge in [-0.15, -0.1) is 10.2 Å². The van der Waals surface area contributed by atoms with Gasteiger partial charge in [0, 0.05) is 25.2 Å². The number of carbonyl (C=O) groups excluding carboxylic acids is 1. The molecule has 1 aliphatic heterocycles. The molecule has 2 N–H and O–H groups in total. The number of carboxylic acids is 1. The van der Waals surface area contributed by atoms with E-state index in [-0.39, 0.29) is 18.6 Å². The highest BCUT2D eigenvalue weighted by Gasteiger charge is 2.31. The fraction of sp³-hybridized carbons (Fsp3) is 0.308. The van der Waals surface area contributed by atoms with Crippen LogP contribution in [0.15, 0.2) is 67.0 Å². The first-order valence-electron chi connectivity index (χ1n) is 12.4. The van der Waals surface area contributed by atoms with Crippen LogP contribution in [0.2, 0.25) is 0 Å². The molecule has 3 heterocycles. The van der Waals surface area contributed by atoms with Gasteiger partial charge in [-0.05, 0) is 16.7 Å². The minimum absolute atomic E-state index is 0.0254. The van der Waals surface area contributed by atoms with Gasteiger partial charge in [-0.2, -0.15) is 0 Å². The number of amides is 1. The molecule has 0 radical (unpaired) electrons. The Hall–Kier alpha value is -4.39. The Balaban J connectivity index is 1.47. The first kappa shape index (κ1) is 26.2. The predicted molar refractivity (Wildman–Crippen MR) is 139 cm³/mol. The summed E-state index contributed by atoms with van der Waals surface area (Å²) in [7, 11) is -3.73. The second-order valence-electron chi connectivity index (χ2n) is 9.68. The van der Waals surface area contributed by atoms with Crippen LogP contribution < -0.4 is 5.32 Å². The number of aliphatic carboxylic acids is 1. The first-order valence-corrected chi connectivity index (χ1v) is 14.2. The van der Waals surface area contributed by atoms with Crippen LogP contribution in [-0.4, -0.2) is 67.2 Å². The fourth-order valence-electron chi connectivity index (χ4n) is 4.59. The van der Waals surface area contributed by atoms with E-state index in [0.29, 0.717) is 30.0 Å². The van der Waals surface area contributed by atoms with Gasteiger partial charge in [-0.25, -0.2) is 22.6 Å². The number of hydrogen-bond donors (Lipinski definition) is 2. The largest absolute Gasteiger partial charge is 0.480 e. The summed E-state index contributed by atoms with van der Waals surface area (Å²) in [4.78, 5) is 25.4. The molecule has 6 bridgehead atoms. The Morgan fingerprint density at radius 3 is 2.15 bits per heavy atom. The van der Waals surface area contributed by atoms with E-state index in [1.807, 2.05) is 24.3 Å². The maximum Gasteiger partial charge on any atom is 0.326 e. The van der Waals surface area contributed by atoms with Gasteiger partial charge in [0.05, 0.1) is 41.9 Å². The number of sulfone groups is 1. The van der Waals surface area contributed by atoms with E-state index < -0.39 is 39.4 Å². The number of carbonyl (C=O) groups is 2. The van der Waals surface area contributed by atoms with Crippen molar-refractivity contribution in [1.29, 1.82) is 0 Å². The molecule has 0 fully saturated rings. The van der Waals surface area contributed by atoms with Crippen molar-refractivity contribution in [2.24, 2.45) is 5.92 Å². The molecule has 13 heteroatoms. The minimum atomic E-state index is -3.73. The van der Waals surface area contributed by atoms with Crippen molar-refractivity contribution in [3.63, 3.8) is 0 Å². The van der Waals surface area contributed by atoms with Crippen molar-refractivity contribution >= 4 is 21.7 Å². The van der Waals surface area contributed by atoms with Gasteiger partial charge in [0.1, 0.15) is 6.04 Å². The van der Waals surface area contributed by atoms with Crippen LogP contribution in [0.1, 0.15) is 28.1 Å². The summed E-state index contributed by atoms with van der Waals surface area (Å²) < 4.78 is 29.4. The van der Waals surface area contributed by atoms with Gasteiger partial charge in [-0.1, -0.05) is 65.0 Å². The Kier molecular flexibility index (Phi) is 7.50. The highest BCUT2D eigenvalue weighted by molar-refractivity contribution is 7.90. The summed E-state index contributed by atoms with van der Waals surface area (Å²) in [6.07, 6.45) is 3.17. The normalized spacial score (nSPS) is 18.2. The van der Waals surface area contributed by atoms with Gasteiger partial charge < -0.3 is 10.4 Å². The molecule has 2 aromatic heterocycles. The highest BCUT2D eigenvalue weighted by atomic mass is 32.2. The van der Waals surface area contributed by atoms with E-state index in [2.05, 4.69) is 25.9 Å².